The van der Waals surface area contributed by atoms with Crippen molar-refractivity contribution >= 4 is 12.1 Å². The first-order chi connectivity index (χ1) is 12.9. The van der Waals surface area contributed by atoms with Gasteiger partial charge in [-0.25, -0.2) is 10.1 Å². The van der Waals surface area contributed by atoms with E-state index >= 15 is 0 Å². The van der Waals surface area contributed by atoms with E-state index in [9.17, 15) is 19.8 Å². The Balaban J connectivity index is 1.80. The monoisotopic (exact) mass is 366 g/mol. The number of nitrogens with one attached hydrogen (secondary N) is 2. The molecule has 0 fully saturated rings. The fraction of sp³-hybridized carbons (Fsp3) is 0.105. The molecule has 8 nitrogen and oxygen atoms in total. The lowest BCUT2D eigenvalue weighted by Gasteiger charge is -2.02. The summed E-state index contributed by atoms with van der Waals surface area (Å²) in [6.45, 7) is 3.68. The molecule has 1 heterocycles. The van der Waals surface area contributed by atoms with Crippen LogP contribution in [-0.2, 0) is 0 Å². The van der Waals surface area contributed by atoms with E-state index in [1.54, 1.807) is 6.92 Å². The van der Waals surface area contributed by atoms with Gasteiger partial charge in [0.1, 0.15) is 11.5 Å². The van der Waals surface area contributed by atoms with Crippen molar-refractivity contribution in [3.63, 3.8) is 0 Å². The number of phenols is 2. The molecule has 3 rings (SSSR count). The van der Waals surface area contributed by atoms with Crippen molar-refractivity contribution in [2.24, 2.45) is 5.10 Å². The Kier molecular flexibility index (Phi) is 4.80. The minimum absolute atomic E-state index is 0.0483. The van der Waals surface area contributed by atoms with Crippen molar-refractivity contribution in [1.82, 2.24) is 15.2 Å². The zero-order chi connectivity index (χ0) is 19.6. The van der Waals surface area contributed by atoms with Crippen molar-refractivity contribution in [3.05, 3.63) is 75.2 Å². The van der Waals surface area contributed by atoms with Crippen molar-refractivity contribution in [3.8, 4) is 17.2 Å². The van der Waals surface area contributed by atoms with Crippen molar-refractivity contribution in [2.75, 3.05) is 0 Å². The Hall–Kier alpha value is -3.81. The summed E-state index contributed by atoms with van der Waals surface area (Å²) in [6.07, 6.45) is 1.24. The molecule has 0 saturated carbocycles. The third-order valence-electron chi connectivity index (χ3n) is 3.99. The number of aromatic amines is 1. The third-order valence-corrected chi connectivity index (χ3v) is 3.99. The zero-order valence-corrected chi connectivity index (χ0v) is 14.7. The third kappa shape index (κ3) is 3.74. The topological polar surface area (TPSA) is 120 Å². The molecule has 0 bridgehead atoms. The van der Waals surface area contributed by atoms with Crippen LogP contribution < -0.4 is 11.0 Å². The van der Waals surface area contributed by atoms with Gasteiger partial charge < -0.3 is 10.2 Å². The Morgan fingerprint density at radius 3 is 2.52 bits per heavy atom. The molecule has 0 aliphatic rings. The number of hydrogen-bond donors (Lipinski definition) is 4. The zero-order valence-electron chi connectivity index (χ0n) is 14.7. The van der Waals surface area contributed by atoms with Crippen LogP contribution in [0.3, 0.4) is 0 Å². The molecular formula is C19H18N4O4. The lowest BCUT2D eigenvalue weighted by Crippen LogP contribution is -2.20. The van der Waals surface area contributed by atoms with E-state index in [1.165, 1.54) is 23.0 Å². The SMILES string of the molecule is Cc1ccc(-n2[nH]c(C)c(/C=N\NC(=O)c3ccc(O)cc3O)c2=O)cc1. The first-order valence-electron chi connectivity index (χ1n) is 8.11. The maximum Gasteiger partial charge on any atom is 0.280 e. The predicted octanol–water partition coefficient (Wildman–Crippen LogP) is 1.96. The molecule has 0 saturated heterocycles. The summed E-state index contributed by atoms with van der Waals surface area (Å²) < 4.78 is 1.39. The molecule has 138 valence electrons. The molecule has 0 aliphatic carbocycles. The number of hydrogen-bond acceptors (Lipinski definition) is 5. The Morgan fingerprint density at radius 1 is 1.15 bits per heavy atom. The van der Waals surface area contributed by atoms with E-state index in [0.29, 0.717) is 16.9 Å². The maximum absolute atomic E-state index is 12.6. The minimum atomic E-state index is -0.671. The number of H-pyrrole nitrogens is 1. The second-order valence-corrected chi connectivity index (χ2v) is 6.03. The molecule has 0 aliphatic heterocycles. The molecule has 0 spiro atoms. The van der Waals surface area contributed by atoms with Gasteiger partial charge in [0.25, 0.3) is 11.5 Å². The fourth-order valence-corrected chi connectivity index (χ4v) is 2.51. The highest BCUT2D eigenvalue weighted by Gasteiger charge is 2.12. The van der Waals surface area contributed by atoms with E-state index in [1.807, 2.05) is 31.2 Å². The smallest absolute Gasteiger partial charge is 0.280 e. The minimum Gasteiger partial charge on any atom is -0.508 e. The second kappa shape index (κ2) is 7.20. The summed E-state index contributed by atoms with van der Waals surface area (Å²) in [7, 11) is 0. The number of phenolic OH excluding ortho intramolecular Hbond substituents is 2. The van der Waals surface area contributed by atoms with Crippen LogP contribution in [0.15, 0.2) is 52.4 Å². The van der Waals surface area contributed by atoms with E-state index < -0.39 is 5.91 Å². The number of hydrazone groups is 1. The Morgan fingerprint density at radius 2 is 1.85 bits per heavy atom. The number of aromatic nitrogens is 2. The highest BCUT2D eigenvalue weighted by molar-refractivity contribution is 5.97. The maximum atomic E-state index is 12.6. The summed E-state index contributed by atoms with van der Waals surface area (Å²) in [5.74, 6) is -1.20. The summed E-state index contributed by atoms with van der Waals surface area (Å²) in [4.78, 5) is 24.6. The lowest BCUT2D eigenvalue weighted by atomic mass is 10.2. The number of carbonyl (C=O) groups excluding carboxylic acids is 1. The number of rotatable bonds is 4. The quantitative estimate of drug-likeness (QED) is 0.417. The standard InChI is InChI=1S/C19H18N4O4/c1-11-3-5-13(6-4-11)23-19(27)16(12(2)22-23)10-20-21-18(26)15-8-7-14(24)9-17(15)25/h3-10,22,24-25H,1-2H3,(H,21,26)/b20-10-. The molecule has 4 N–H and O–H groups in total. The number of carbonyl (C=O) groups is 1. The van der Waals surface area contributed by atoms with Gasteiger partial charge >= 0.3 is 0 Å². The molecule has 1 aromatic heterocycles. The van der Waals surface area contributed by atoms with Crippen LogP contribution in [0.4, 0.5) is 0 Å². The molecular weight excluding hydrogens is 348 g/mol. The molecule has 0 atom stereocenters. The van der Waals surface area contributed by atoms with Gasteiger partial charge in [-0.1, -0.05) is 17.7 Å². The second-order valence-electron chi connectivity index (χ2n) is 6.03. The first kappa shape index (κ1) is 18.0. The average Bonchev–Trinajstić information content (AvgIpc) is 2.90. The van der Waals surface area contributed by atoms with Crippen molar-refractivity contribution in [1.29, 1.82) is 0 Å². The van der Waals surface area contributed by atoms with Gasteiger partial charge in [-0.3, -0.25) is 14.7 Å². The van der Waals surface area contributed by atoms with Crippen LogP contribution in [0.5, 0.6) is 11.5 Å². The Bertz CT molecular complexity index is 1080. The normalized spacial score (nSPS) is 11.0. The van der Waals surface area contributed by atoms with E-state index in [2.05, 4.69) is 15.6 Å². The van der Waals surface area contributed by atoms with Crippen molar-refractivity contribution in [2.45, 2.75) is 13.8 Å². The number of nitrogens with zero attached hydrogens (tertiary/aromatic N) is 2. The molecule has 27 heavy (non-hydrogen) atoms. The van der Waals surface area contributed by atoms with Gasteiger partial charge in [-0.2, -0.15) is 5.10 Å². The van der Waals surface area contributed by atoms with Gasteiger partial charge in [0.2, 0.25) is 0 Å². The molecule has 0 unspecified atom stereocenters. The van der Waals surface area contributed by atoms with Gasteiger partial charge in [0.15, 0.2) is 0 Å². The summed E-state index contributed by atoms with van der Waals surface area (Å²) in [5.41, 5.74) is 4.55. The van der Waals surface area contributed by atoms with E-state index in [0.717, 1.165) is 11.6 Å². The number of aromatic hydroxyl groups is 2. The number of amides is 1. The van der Waals surface area contributed by atoms with Crippen LogP contribution >= 0.6 is 0 Å². The summed E-state index contributed by atoms with van der Waals surface area (Å²) >= 11 is 0. The number of aryl methyl sites for hydroxylation is 2. The van der Waals surface area contributed by atoms with Gasteiger partial charge in [-0.15, -0.1) is 0 Å². The molecule has 2 aromatic carbocycles. The van der Waals surface area contributed by atoms with Crippen LogP contribution in [0.2, 0.25) is 0 Å². The molecule has 8 heteroatoms. The number of benzene rings is 2. The molecule has 1 amide bonds. The van der Waals surface area contributed by atoms with Crippen LogP contribution in [0, 0.1) is 13.8 Å². The molecule has 3 aromatic rings. The highest BCUT2D eigenvalue weighted by atomic mass is 16.3. The predicted molar refractivity (Wildman–Crippen MR) is 101 cm³/mol. The first-order valence-corrected chi connectivity index (χ1v) is 8.11. The average molecular weight is 366 g/mol. The largest absolute Gasteiger partial charge is 0.508 e. The van der Waals surface area contributed by atoms with E-state index in [-0.39, 0.29) is 22.6 Å². The highest BCUT2D eigenvalue weighted by Crippen LogP contribution is 2.22. The van der Waals surface area contributed by atoms with Crippen molar-refractivity contribution < 1.29 is 15.0 Å². The fourth-order valence-electron chi connectivity index (χ4n) is 2.51. The summed E-state index contributed by atoms with van der Waals surface area (Å²) in [5, 5.41) is 25.7. The Labute approximate surface area is 154 Å². The van der Waals surface area contributed by atoms with Crippen LogP contribution in [-0.4, -0.2) is 32.1 Å². The van der Waals surface area contributed by atoms with Crippen LogP contribution in [0.1, 0.15) is 27.2 Å². The van der Waals surface area contributed by atoms with E-state index in [4.69, 9.17) is 0 Å². The van der Waals surface area contributed by atoms with Gasteiger partial charge in [0.05, 0.1) is 23.0 Å². The summed E-state index contributed by atoms with van der Waals surface area (Å²) in [6, 6.07) is 11.0. The van der Waals surface area contributed by atoms with Gasteiger partial charge in [-0.05, 0) is 38.1 Å². The molecule has 0 radical (unpaired) electrons. The lowest BCUT2D eigenvalue weighted by molar-refractivity contribution is 0.0952. The van der Waals surface area contributed by atoms with Crippen LogP contribution in [0.25, 0.3) is 5.69 Å². The van der Waals surface area contributed by atoms with Gasteiger partial charge in [0, 0.05) is 11.8 Å².